The lowest BCUT2D eigenvalue weighted by Crippen LogP contribution is -2.30. The summed E-state index contributed by atoms with van der Waals surface area (Å²) in [5.74, 6) is 0.792. The van der Waals surface area contributed by atoms with Gasteiger partial charge >= 0.3 is 0 Å². The molecule has 0 saturated heterocycles. The average Bonchev–Trinajstić information content (AvgIpc) is 3.07. The van der Waals surface area contributed by atoms with E-state index in [-0.39, 0.29) is 17.1 Å². The number of ether oxygens (including phenoxy) is 1. The van der Waals surface area contributed by atoms with Crippen LogP contribution in [0, 0.1) is 6.92 Å². The summed E-state index contributed by atoms with van der Waals surface area (Å²) in [6.07, 6.45) is 1.63. The molecule has 4 aromatic rings. The molecule has 0 aliphatic carbocycles. The maximum atomic E-state index is 13.5. The zero-order chi connectivity index (χ0) is 20.8. The second kappa shape index (κ2) is 6.84. The van der Waals surface area contributed by atoms with Crippen LogP contribution in [0.1, 0.15) is 33.3 Å². The normalized spacial score (nSPS) is 15.5. The molecule has 5 rings (SSSR count). The standard InChI is InChI=1S/C24H18N2O4/c1-14-7-6-12-25-23(14)26-20(15-8-5-9-16(13-15)29-2)19-21(27)17-10-3-4-11-18(17)30-22(19)24(26)28/h3-13,20H,1-2H3. The lowest BCUT2D eigenvalue weighted by Gasteiger charge is -2.25. The highest BCUT2D eigenvalue weighted by Crippen LogP contribution is 2.41. The van der Waals surface area contributed by atoms with Crippen molar-refractivity contribution in [2.45, 2.75) is 13.0 Å². The number of methoxy groups -OCH3 is 1. The van der Waals surface area contributed by atoms with E-state index in [0.717, 1.165) is 11.1 Å². The summed E-state index contributed by atoms with van der Waals surface area (Å²) in [7, 11) is 1.58. The van der Waals surface area contributed by atoms with Crippen molar-refractivity contribution >= 4 is 22.7 Å². The van der Waals surface area contributed by atoms with E-state index in [4.69, 9.17) is 9.15 Å². The van der Waals surface area contributed by atoms with E-state index in [9.17, 15) is 9.59 Å². The van der Waals surface area contributed by atoms with Crippen molar-refractivity contribution in [3.05, 3.63) is 99.5 Å². The molecule has 0 N–H and O–H groups in total. The third-order valence-corrected chi connectivity index (χ3v) is 5.40. The summed E-state index contributed by atoms with van der Waals surface area (Å²) in [6, 6.07) is 17.3. The predicted octanol–water partition coefficient (Wildman–Crippen LogP) is 4.25. The van der Waals surface area contributed by atoms with E-state index in [2.05, 4.69) is 4.98 Å². The average molecular weight is 398 g/mol. The minimum atomic E-state index is -0.669. The highest BCUT2D eigenvalue weighted by Gasteiger charge is 2.44. The van der Waals surface area contributed by atoms with Crippen molar-refractivity contribution in [3.63, 3.8) is 0 Å². The third kappa shape index (κ3) is 2.61. The van der Waals surface area contributed by atoms with E-state index in [1.54, 1.807) is 42.5 Å². The molecule has 1 aliphatic rings. The lowest BCUT2D eigenvalue weighted by atomic mass is 9.98. The molecule has 3 heterocycles. The second-order valence-corrected chi connectivity index (χ2v) is 7.17. The molecule has 1 unspecified atom stereocenters. The molecule has 148 valence electrons. The van der Waals surface area contributed by atoms with Crippen LogP contribution < -0.4 is 15.1 Å². The van der Waals surface area contributed by atoms with Gasteiger partial charge in [0.15, 0.2) is 5.43 Å². The number of carbonyl (C=O) groups is 1. The summed E-state index contributed by atoms with van der Waals surface area (Å²) in [6.45, 7) is 1.88. The first kappa shape index (κ1) is 18.1. The van der Waals surface area contributed by atoms with Gasteiger partial charge in [-0.05, 0) is 48.4 Å². The van der Waals surface area contributed by atoms with Gasteiger partial charge in [0.1, 0.15) is 17.2 Å². The fraction of sp³-hybridized carbons (Fsp3) is 0.125. The highest BCUT2D eigenvalue weighted by molar-refractivity contribution is 6.10. The Kier molecular flexibility index (Phi) is 4.13. The topological polar surface area (TPSA) is 72.6 Å². The van der Waals surface area contributed by atoms with Crippen molar-refractivity contribution in [3.8, 4) is 5.75 Å². The monoisotopic (exact) mass is 398 g/mol. The van der Waals surface area contributed by atoms with Gasteiger partial charge in [0.05, 0.1) is 24.1 Å². The van der Waals surface area contributed by atoms with Crippen LogP contribution in [0.4, 0.5) is 5.82 Å². The number of aromatic nitrogens is 1. The molecule has 1 amide bonds. The lowest BCUT2D eigenvalue weighted by molar-refractivity contribution is 0.0970. The fourth-order valence-corrected chi connectivity index (χ4v) is 3.99. The summed E-state index contributed by atoms with van der Waals surface area (Å²) < 4.78 is 11.3. The van der Waals surface area contributed by atoms with Crippen LogP contribution in [-0.2, 0) is 0 Å². The van der Waals surface area contributed by atoms with E-state index >= 15 is 0 Å². The largest absolute Gasteiger partial charge is 0.497 e. The number of amides is 1. The number of hydrogen-bond donors (Lipinski definition) is 0. The van der Waals surface area contributed by atoms with E-state index in [1.165, 1.54) is 0 Å². The number of carbonyl (C=O) groups excluding carboxylic acids is 1. The quantitative estimate of drug-likeness (QED) is 0.516. The van der Waals surface area contributed by atoms with Gasteiger partial charge in [-0.15, -0.1) is 0 Å². The molecule has 0 spiro atoms. The molecule has 1 aliphatic heterocycles. The minimum absolute atomic E-state index is 0.0524. The van der Waals surface area contributed by atoms with Gasteiger partial charge in [0.2, 0.25) is 5.76 Å². The number of benzene rings is 2. The number of para-hydroxylation sites is 1. The third-order valence-electron chi connectivity index (χ3n) is 5.40. The molecule has 0 radical (unpaired) electrons. The van der Waals surface area contributed by atoms with Crippen molar-refractivity contribution in [1.82, 2.24) is 4.98 Å². The summed E-state index contributed by atoms with van der Waals surface area (Å²) >= 11 is 0. The van der Waals surface area contributed by atoms with Crippen LogP contribution in [0.2, 0.25) is 0 Å². The maximum Gasteiger partial charge on any atom is 0.296 e. The van der Waals surface area contributed by atoms with Gasteiger partial charge in [-0.2, -0.15) is 0 Å². The van der Waals surface area contributed by atoms with E-state index in [0.29, 0.717) is 28.1 Å². The SMILES string of the molecule is COc1cccc(C2c3c(oc4ccccc4c3=O)C(=O)N2c2ncccc2C)c1. The molecule has 2 aromatic heterocycles. The fourth-order valence-electron chi connectivity index (χ4n) is 3.99. The predicted molar refractivity (Wildman–Crippen MR) is 113 cm³/mol. The number of rotatable bonds is 3. The zero-order valence-corrected chi connectivity index (χ0v) is 16.5. The van der Waals surface area contributed by atoms with Gasteiger partial charge in [0, 0.05) is 6.20 Å². The molecule has 6 heteroatoms. The molecule has 2 aromatic carbocycles. The Bertz CT molecular complexity index is 1360. The molecule has 6 nitrogen and oxygen atoms in total. The smallest absolute Gasteiger partial charge is 0.296 e. The van der Waals surface area contributed by atoms with Gasteiger partial charge in [-0.1, -0.05) is 30.3 Å². The molecule has 1 atom stereocenters. The van der Waals surface area contributed by atoms with Crippen molar-refractivity contribution in [1.29, 1.82) is 0 Å². The van der Waals surface area contributed by atoms with E-state index < -0.39 is 6.04 Å². The summed E-state index contributed by atoms with van der Waals surface area (Å²) in [5.41, 5.74) is 2.05. The van der Waals surface area contributed by atoms with Crippen molar-refractivity contribution in [2.24, 2.45) is 0 Å². The number of aryl methyl sites for hydroxylation is 1. The number of nitrogens with zero attached hydrogens (tertiary/aromatic N) is 2. The molecular weight excluding hydrogens is 380 g/mol. The van der Waals surface area contributed by atoms with Crippen LogP contribution >= 0.6 is 0 Å². The number of fused-ring (bicyclic) bond motifs is 2. The van der Waals surface area contributed by atoms with Gasteiger partial charge < -0.3 is 9.15 Å². The highest BCUT2D eigenvalue weighted by atomic mass is 16.5. The molecule has 0 fully saturated rings. The first-order chi connectivity index (χ1) is 14.6. The van der Waals surface area contributed by atoms with Gasteiger partial charge in [-0.25, -0.2) is 4.98 Å². The molecule has 0 saturated carbocycles. The summed E-state index contributed by atoms with van der Waals surface area (Å²) in [4.78, 5) is 33.0. The molecular formula is C24H18N2O4. The minimum Gasteiger partial charge on any atom is -0.497 e. The van der Waals surface area contributed by atoms with Crippen molar-refractivity contribution < 1.29 is 13.9 Å². The Balaban J connectivity index is 1.84. The van der Waals surface area contributed by atoms with Crippen LogP contribution in [-0.4, -0.2) is 18.0 Å². The van der Waals surface area contributed by atoms with Crippen LogP contribution in [0.25, 0.3) is 11.0 Å². The van der Waals surface area contributed by atoms with Crippen LogP contribution in [0.15, 0.2) is 76.1 Å². The first-order valence-electron chi connectivity index (χ1n) is 9.55. The zero-order valence-electron chi connectivity index (χ0n) is 16.5. The van der Waals surface area contributed by atoms with E-state index in [1.807, 2.05) is 43.3 Å². The number of anilines is 1. The second-order valence-electron chi connectivity index (χ2n) is 7.17. The van der Waals surface area contributed by atoms with Crippen LogP contribution in [0.5, 0.6) is 5.75 Å². The van der Waals surface area contributed by atoms with Crippen LogP contribution in [0.3, 0.4) is 0 Å². The Morgan fingerprint density at radius 2 is 1.87 bits per heavy atom. The first-order valence-corrected chi connectivity index (χ1v) is 9.55. The maximum absolute atomic E-state index is 13.5. The number of pyridine rings is 1. The Labute approximate surface area is 172 Å². The van der Waals surface area contributed by atoms with Gasteiger partial charge in [-0.3, -0.25) is 14.5 Å². The summed E-state index contributed by atoms with van der Waals surface area (Å²) in [5, 5.41) is 0.441. The van der Waals surface area contributed by atoms with Crippen molar-refractivity contribution in [2.75, 3.05) is 12.0 Å². The Morgan fingerprint density at radius 1 is 1.03 bits per heavy atom. The number of hydrogen-bond acceptors (Lipinski definition) is 5. The van der Waals surface area contributed by atoms with Gasteiger partial charge in [0.25, 0.3) is 5.91 Å². The Hall–Kier alpha value is -3.93. The molecule has 30 heavy (non-hydrogen) atoms. The molecule has 0 bridgehead atoms. The Morgan fingerprint density at radius 3 is 2.67 bits per heavy atom.